The fourth-order valence-corrected chi connectivity index (χ4v) is 2.62. The average Bonchev–Trinajstić information content (AvgIpc) is 3.21. The predicted octanol–water partition coefficient (Wildman–Crippen LogP) is 4.47. The number of benzene rings is 1. The molecular formula is C18H15NO3S. The Morgan fingerprint density at radius 2 is 2.13 bits per heavy atom. The van der Waals surface area contributed by atoms with Gasteiger partial charge in [-0.25, -0.2) is 9.78 Å². The van der Waals surface area contributed by atoms with E-state index >= 15 is 0 Å². The van der Waals surface area contributed by atoms with Crippen LogP contribution in [0.2, 0.25) is 0 Å². The van der Waals surface area contributed by atoms with Gasteiger partial charge in [0.25, 0.3) is 0 Å². The maximum Gasteiger partial charge on any atom is 0.331 e. The van der Waals surface area contributed by atoms with Gasteiger partial charge in [0.1, 0.15) is 18.1 Å². The van der Waals surface area contributed by atoms with Crippen molar-refractivity contribution >= 4 is 23.4 Å². The number of rotatable bonds is 5. The van der Waals surface area contributed by atoms with Crippen LogP contribution in [0.5, 0.6) is 0 Å². The second kappa shape index (κ2) is 7.07. The standard InChI is InChI=1S/C18H15NO3S/c1-13-16(19-18(22-13)15-5-3-2-4-6-15)11-21-17(20)8-7-14-9-10-23-12-14/h2-10,12H,11H2,1H3. The lowest BCUT2D eigenvalue weighted by molar-refractivity contribution is -0.139. The molecule has 4 nitrogen and oxygen atoms in total. The van der Waals surface area contributed by atoms with Crippen molar-refractivity contribution in [2.75, 3.05) is 0 Å². The summed E-state index contributed by atoms with van der Waals surface area (Å²) >= 11 is 1.58. The molecule has 0 saturated carbocycles. The maximum absolute atomic E-state index is 11.7. The van der Waals surface area contributed by atoms with E-state index in [1.54, 1.807) is 17.4 Å². The molecule has 0 N–H and O–H groups in total. The van der Waals surface area contributed by atoms with E-state index in [0.717, 1.165) is 11.1 Å². The van der Waals surface area contributed by atoms with E-state index < -0.39 is 5.97 Å². The first-order valence-corrected chi connectivity index (χ1v) is 8.05. The highest BCUT2D eigenvalue weighted by molar-refractivity contribution is 7.08. The van der Waals surface area contributed by atoms with Crippen molar-refractivity contribution in [1.82, 2.24) is 4.98 Å². The normalized spacial score (nSPS) is 11.0. The van der Waals surface area contributed by atoms with Gasteiger partial charge in [0, 0.05) is 11.6 Å². The van der Waals surface area contributed by atoms with Crippen LogP contribution >= 0.6 is 11.3 Å². The molecule has 0 bridgehead atoms. The molecular weight excluding hydrogens is 310 g/mol. The number of nitrogens with zero attached hydrogens (tertiary/aromatic N) is 1. The number of aryl methyl sites for hydroxylation is 1. The van der Waals surface area contributed by atoms with Crippen LogP contribution in [0.4, 0.5) is 0 Å². The highest BCUT2D eigenvalue weighted by Crippen LogP contribution is 2.21. The van der Waals surface area contributed by atoms with Crippen LogP contribution in [0.1, 0.15) is 17.0 Å². The van der Waals surface area contributed by atoms with Crippen molar-refractivity contribution in [2.45, 2.75) is 13.5 Å². The number of oxazole rings is 1. The molecule has 2 aromatic heterocycles. The number of esters is 1. The van der Waals surface area contributed by atoms with E-state index in [1.807, 2.05) is 54.1 Å². The number of aromatic nitrogens is 1. The molecule has 116 valence electrons. The molecule has 0 aliphatic rings. The molecule has 0 unspecified atom stereocenters. The van der Waals surface area contributed by atoms with E-state index in [-0.39, 0.29) is 6.61 Å². The summed E-state index contributed by atoms with van der Waals surface area (Å²) in [5.41, 5.74) is 2.50. The molecule has 23 heavy (non-hydrogen) atoms. The van der Waals surface area contributed by atoms with Gasteiger partial charge in [0.05, 0.1) is 0 Å². The third-order valence-corrected chi connectivity index (χ3v) is 3.92. The van der Waals surface area contributed by atoms with Crippen LogP contribution in [-0.4, -0.2) is 11.0 Å². The van der Waals surface area contributed by atoms with Gasteiger partial charge in [-0.05, 0) is 47.5 Å². The zero-order chi connectivity index (χ0) is 16.1. The number of carbonyl (C=O) groups is 1. The van der Waals surface area contributed by atoms with Gasteiger partial charge in [-0.1, -0.05) is 18.2 Å². The first-order valence-electron chi connectivity index (χ1n) is 7.11. The minimum absolute atomic E-state index is 0.0922. The second-order valence-electron chi connectivity index (χ2n) is 4.89. The van der Waals surface area contributed by atoms with Crippen LogP contribution in [0.3, 0.4) is 0 Å². The maximum atomic E-state index is 11.7. The third-order valence-electron chi connectivity index (χ3n) is 3.22. The summed E-state index contributed by atoms with van der Waals surface area (Å²) in [5.74, 6) is 0.779. The zero-order valence-electron chi connectivity index (χ0n) is 12.6. The van der Waals surface area contributed by atoms with Gasteiger partial charge >= 0.3 is 5.97 Å². The Labute approximate surface area is 138 Å². The summed E-state index contributed by atoms with van der Waals surface area (Å²) < 4.78 is 10.8. The fourth-order valence-electron chi connectivity index (χ4n) is 1.99. The van der Waals surface area contributed by atoms with Crippen LogP contribution < -0.4 is 0 Å². The predicted molar refractivity (Wildman–Crippen MR) is 89.8 cm³/mol. The SMILES string of the molecule is Cc1oc(-c2ccccc2)nc1COC(=O)C=Cc1ccsc1. The number of hydrogen-bond acceptors (Lipinski definition) is 5. The Bertz CT molecular complexity index is 804. The Kier molecular flexibility index (Phi) is 4.68. The fraction of sp³-hybridized carbons (Fsp3) is 0.111. The van der Waals surface area contributed by atoms with Gasteiger partial charge in [0.15, 0.2) is 0 Å². The molecule has 0 atom stereocenters. The Morgan fingerprint density at radius 1 is 1.30 bits per heavy atom. The van der Waals surface area contributed by atoms with Gasteiger partial charge in [-0.2, -0.15) is 11.3 Å². The summed E-state index contributed by atoms with van der Waals surface area (Å²) in [7, 11) is 0. The van der Waals surface area contributed by atoms with Crippen LogP contribution in [0.25, 0.3) is 17.5 Å². The smallest absolute Gasteiger partial charge is 0.331 e. The molecule has 3 rings (SSSR count). The van der Waals surface area contributed by atoms with Crippen molar-refractivity contribution in [2.24, 2.45) is 0 Å². The first kappa shape index (κ1) is 15.2. The first-order chi connectivity index (χ1) is 11.2. The number of hydrogen-bond donors (Lipinski definition) is 0. The highest BCUT2D eigenvalue weighted by Gasteiger charge is 2.12. The van der Waals surface area contributed by atoms with E-state index in [9.17, 15) is 4.79 Å². The Balaban J connectivity index is 1.62. The van der Waals surface area contributed by atoms with Gasteiger partial charge in [0.2, 0.25) is 5.89 Å². The molecule has 0 spiro atoms. The third kappa shape index (κ3) is 3.96. The summed E-state index contributed by atoms with van der Waals surface area (Å²) in [4.78, 5) is 16.1. The van der Waals surface area contributed by atoms with E-state index in [4.69, 9.17) is 9.15 Å². The molecule has 0 radical (unpaired) electrons. The minimum atomic E-state index is -0.403. The lowest BCUT2D eigenvalue weighted by atomic mass is 10.2. The van der Waals surface area contributed by atoms with Crippen molar-refractivity contribution in [3.63, 3.8) is 0 Å². The van der Waals surface area contributed by atoms with Crippen molar-refractivity contribution < 1.29 is 13.9 Å². The molecule has 0 aliphatic heterocycles. The molecule has 0 saturated heterocycles. The van der Waals surface area contributed by atoms with Crippen LogP contribution in [0, 0.1) is 6.92 Å². The van der Waals surface area contributed by atoms with E-state index in [2.05, 4.69) is 4.98 Å². The summed E-state index contributed by atoms with van der Waals surface area (Å²) in [6.07, 6.45) is 3.14. The lowest BCUT2D eigenvalue weighted by Crippen LogP contribution is -2.01. The molecule has 5 heteroatoms. The molecule has 2 heterocycles. The largest absolute Gasteiger partial charge is 0.456 e. The number of ether oxygens (including phenoxy) is 1. The lowest BCUT2D eigenvalue weighted by Gasteiger charge is -1.98. The molecule has 1 aromatic carbocycles. The Morgan fingerprint density at radius 3 is 2.87 bits per heavy atom. The topological polar surface area (TPSA) is 52.3 Å². The zero-order valence-corrected chi connectivity index (χ0v) is 13.4. The molecule has 0 fully saturated rings. The van der Waals surface area contributed by atoms with Gasteiger partial charge in [-0.3, -0.25) is 0 Å². The minimum Gasteiger partial charge on any atom is -0.456 e. The van der Waals surface area contributed by atoms with E-state index in [0.29, 0.717) is 17.3 Å². The monoisotopic (exact) mass is 325 g/mol. The average molecular weight is 325 g/mol. The van der Waals surface area contributed by atoms with Gasteiger partial charge in [-0.15, -0.1) is 0 Å². The molecule has 0 aliphatic carbocycles. The van der Waals surface area contributed by atoms with Gasteiger partial charge < -0.3 is 9.15 Å². The Hall–Kier alpha value is -2.66. The summed E-state index contributed by atoms with van der Waals surface area (Å²) in [6, 6.07) is 11.5. The number of thiophene rings is 1. The van der Waals surface area contributed by atoms with Crippen molar-refractivity contribution in [3.8, 4) is 11.5 Å². The molecule has 0 amide bonds. The highest BCUT2D eigenvalue weighted by atomic mass is 32.1. The molecule has 3 aromatic rings. The van der Waals surface area contributed by atoms with Crippen molar-refractivity contribution in [3.05, 3.63) is 70.3 Å². The number of carbonyl (C=O) groups excluding carboxylic acids is 1. The van der Waals surface area contributed by atoms with E-state index in [1.165, 1.54) is 6.08 Å². The van der Waals surface area contributed by atoms with Crippen LogP contribution in [-0.2, 0) is 16.1 Å². The van der Waals surface area contributed by atoms with Crippen molar-refractivity contribution in [1.29, 1.82) is 0 Å². The summed E-state index contributed by atoms with van der Waals surface area (Å²) in [5, 5.41) is 3.91. The quantitative estimate of drug-likeness (QED) is 0.513. The summed E-state index contributed by atoms with van der Waals surface area (Å²) in [6.45, 7) is 1.90. The van der Waals surface area contributed by atoms with Crippen LogP contribution in [0.15, 0.2) is 57.7 Å². The second-order valence-corrected chi connectivity index (χ2v) is 5.67.